The molecule has 2 N–H and O–H groups in total. The lowest BCUT2D eigenvalue weighted by molar-refractivity contribution is 0.0729. The van der Waals surface area contributed by atoms with Gasteiger partial charge in [0, 0.05) is 19.6 Å². The first-order chi connectivity index (χ1) is 14.9. The van der Waals surface area contributed by atoms with Gasteiger partial charge in [-0.25, -0.2) is 18.4 Å². The number of hydrogen-bond donors (Lipinski definition) is 2. The van der Waals surface area contributed by atoms with Crippen LogP contribution in [0.15, 0.2) is 33.7 Å². The van der Waals surface area contributed by atoms with Crippen LogP contribution in [-0.4, -0.2) is 56.5 Å². The monoisotopic (exact) mass is 577 g/mol. The van der Waals surface area contributed by atoms with Crippen LogP contribution in [0.4, 0.5) is 0 Å². The molecule has 1 aromatic carbocycles. The van der Waals surface area contributed by atoms with Gasteiger partial charge < -0.3 is 19.8 Å². The second-order valence-corrected chi connectivity index (χ2v) is 9.30. The molecule has 1 aliphatic rings. The van der Waals surface area contributed by atoms with E-state index in [0.717, 1.165) is 22.6 Å². The number of halogens is 1. The van der Waals surface area contributed by atoms with E-state index in [0.29, 0.717) is 57.8 Å². The SMILES string of the molecule is CCNC(=NCc1ccccc1CS(=O)(=O)N1CCOCC1)NCc1nc(C)c(C)o1.I. The molecule has 0 unspecified atom stereocenters. The third-order valence-electron chi connectivity index (χ3n) is 5.05. The molecule has 0 bridgehead atoms. The normalized spacial score (nSPS) is 15.3. The predicted octanol–water partition coefficient (Wildman–Crippen LogP) is 2.33. The quantitative estimate of drug-likeness (QED) is 0.282. The molecule has 1 saturated heterocycles. The number of nitrogens with zero attached hydrogens (tertiary/aromatic N) is 3. The average molecular weight is 577 g/mol. The van der Waals surface area contributed by atoms with Crippen molar-refractivity contribution in [3.63, 3.8) is 0 Å². The summed E-state index contributed by atoms with van der Waals surface area (Å²) in [6.45, 7) is 8.91. The predicted molar refractivity (Wildman–Crippen MR) is 135 cm³/mol. The summed E-state index contributed by atoms with van der Waals surface area (Å²) in [7, 11) is -3.40. The molecule has 0 amide bonds. The standard InChI is InChI=1S/C21H31N5O4S.HI/c1-4-22-21(24-14-20-25-16(2)17(3)30-20)23-13-18-7-5-6-8-19(18)15-31(27,28)26-9-11-29-12-10-26;/h5-8H,4,9-15H2,1-3H3,(H2,22,23,24);1H. The Labute approximate surface area is 207 Å². The van der Waals surface area contributed by atoms with Gasteiger partial charge in [0.05, 0.1) is 37.8 Å². The topological polar surface area (TPSA) is 109 Å². The third kappa shape index (κ3) is 7.42. The van der Waals surface area contributed by atoms with Crippen LogP contribution in [0, 0.1) is 13.8 Å². The van der Waals surface area contributed by atoms with Gasteiger partial charge in [-0.2, -0.15) is 4.31 Å². The summed E-state index contributed by atoms with van der Waals surface area (Å²) in [5.74, 6) is 1.96. The number of oxazole rings is 1. The Morgan fingerprint density at radius 2 is 1.84 bits per heavy atom. The van der Waals surface area contributed by atoms with E-state index in [1.54, 1.807) is 0 Å². The molecule has 0 aliphatic carbocycles. The van der Waals surface area contributed by atoms with Crippen molar-refractivity contribution in [2.45, 2.75) is 39.6 Å². The first kappa shape index (κ1) is 26.6. The summed E-state index contributed by atoms with van der Waals surface area (Å²) in [5.41, 5.74) is 2.50. The zero-order chi connectivity index (χ0) is 22.3. The number of ether oxygens (including phenoxy) is 1. The fraction of sp³-hybridized carbons (Fsp3) is 0.524. The average Bonchev–Trinajstić information content (AvgIpc) is 3.09. The lowest BCUT2D eigenvalue weighted by Crippen LogP contribution is -2.41. The highest BCUT2D eigenvalue weighted by molar-refractivity contribution is 14.0. The molecule has 0 atom stereocenters. The molecule has 0 radical (unpaired) electrons. The third-order valence-corrected chi connectivity index (χ3v) is 6.88. The molecule has 1 aliphatic heterocycles. The zero-order valence-electron chi connectivity index (χ0n) is 18.8. The number of hydrogen-bond acceptors (Lipinski definition) is 6. The summed E-state index contributed by atoms with van der Waals surface area (Å²) in [6.07, 6.45) is 0. The Morgan fingerprint density at radius 3 is 2.47 bits per heavy atom. The number of benzene rings is 1. The highest BCUT2D eigenvalue weighted by Gasteiger charge is 2.25. The van der Waals surface area contributed by atoms with E-state index in [-0.39, 0.29) is 29.7 Å². The minimum absolute atomic E-state index is 0. The van der Waals surface area contributed by atoms with E-state index in [4.69, 9.17) is 9.15 Å². The molecule has 0 spiro atoms. The summed E-state index contributed by atoms with van der Waals surface area (Å²) < 4.78 is 38.0. The van der Waals surface area contributed by atoms with Crippen LogP contribution in [0.2, 0.25) is 0 Å². The zero-order valence-corrected chi connectivity index (χ0v) is 21.9. The molecule has 178 valence electrons. The van der Waals surface area contributed by atoms with Gasteiger partial charge in [-0.15, -0.1) is 24.0 Å². The van der Waals surface area contributed by atoms with Crippen molar-refractivity contribution >= 4 is 40.0 Å². The minimum Gasteiger partial charge on any atom is -0.444 e. The molecule has 0 saturated carbocycles. The smallest absolute Gasteiger partial charge is 0.218 e. The van der Waals surface area contributed by atoms with Gasteiger partial charge >= 0.3 is 0 Å². The molecule has 2 aromatic rings. The van der Waals surface area contributed by atoms with Gasteiger partial charge in [0.2, 0.25) is 15.9 Å². The molecule has 3 rings (SSSR count). The number of morpholine rings is 1. The maximum atomic E-state index is 12.8. The summed E-state index contributed by atoms with van der Waals surface area (Å²) in [6, 6.07) is 7.52. The van der Waals surface area contributed by atoms with E-state index in [1.807, 2.05) is 45.0 Å². The Morgan fingerprint density at radius 1 is 1.16 bits per heavy atom. The van der Waals surface area contributed by atoms with E-state index >= 15 is 0 Å². The maximum absolute atomic E-state index is 12.8. The molecule has 2 heterocycles. The Balaban J connectivity index is 0.00000363. The number of guanidine groups is 1. The van der Waals surface area contributed by atoms with Gasteiger partial charge in [0.25, 0.3) is 0 Å². The molecule has 1 fully saturated rings. The Kier molecular flexibility index (Phi) is 10.4. The highest BCUT2D eigenvalue weighted by atomic mass is 127. The molecular weight excluding hydrogens is 545 g/mol. The van der Waals surface area contributed by atoms with Crippen molar-refractivity contribution in [3.8, 4) is 0 Å². The van der Waals surface area contributed by atoms with Crippen molar-refractivity contribution in [1.82, 2.24) is 19.9 Å². The summed E-state index contributed by atoms with van der Waals surface area (Å²) in [4.78, 5) is 8.99. The molecule has 1 aromatic heterocycles. The van der Waals surface area contributed by atoms with Crippen LogP contribution in [0.1, 0.15) is 35.4 Å². The van der Waals surface area contributed by atoms with Crippen molar-refractivity contribution < 1.29 is 17.6 Å². The first-order valence-electron chi connectivity index (χ1n) is 10.5. The largest absolute Gasteiger partial charge is 0.444 e. The number of aliphatic imine (C=N–C) groups is 1. The van der Waals surface area contributed by atoms with E-state index < -0.39 is 10.0 Å². The number of rotatable bonds is 8. The lowest BCUT2D eigenvalue weighted by Gasteiger charge is -2.26. The number of sulfonamides is 1. The molecule has 11 heteroatoms. The molecular formula is C21H32IN5O4S. The summed E-state index contributed by atoms with van der Waals surface area (Å²) >= 11 is 0. The van der Waals surface area contributed by atoms with Crippen LogP contribution < -0.4 is 10.6 Å². The number of aryl methyl sites for hydroxylation is 2. The first-order valence-corrected chi connectivity index (χ1v) is 12.1. The minimum atomic E-state index is -3.40. The summed E-state index contributed by atoms with van der Waals surface area (Å²) in [5, 5.41) is 6.40. The fourth-order valence-corrected chi connectivity index (χ4v) is 4.81. The number of nitrogens with one attached hydrogen (secondary N) is 2. The van der Waals surface area contributed by atoms with Gasteiger partial charge in [-0.1, -0.05) is 24.3 Å². The van der Waals surface area contributed by atoms with E-state index in [2.05, 4.69) is 20.6 Å². The van der Waals surface area contributed by atoms with Crippen molar-refractivity contribution in [3.05, 3.63) is 52.7 Å². The van der Waals surface area contributed by atoms with Gasteiger partial charge in [-0.3, -0.25) is 0 Å². The van der Waals surface area contributed by atoms with Crippen molar-refractivity contribution in [2.75, 3.05) is 32.8 Å². The molecule has 9 nitrogen and oxygen atoms in total. The van der Waals surface area contributed by atoms with E-state index in [9.17, 15) is 8.42 Å². The van der Waals surface area contributed by atoms with Crippen LogP contribution in [0.25, 0.3) is 0 Å². The van der Waals surface area contributed by atoms with Crippen LogP contribution in [0.5, 0.6) is 0 Å². The van der Waals surface area contributed by atoms with Gasteiger partial charge in [0.15, 0.2) is 5.96 Å². The van der Waals surface area contributed by atoms with Crippen molar-refractivity contribution in [2.24, 2.45) is 4.99 Å². The van der Waals surface area contributed by atoms with E-state index in [1.165, 1.54) is 4.31 Å². The van der Waals surface area contributed by atoms with Crippen LogP contribution >= 0.6 is 24.0 Å². The van der Waals surface area contributed by atoms with Gasteiger partial charge in [-0.05, 0) is 31.9 Å². The Hall–Kier alpha value is -1.70. The maximum Gasteiger partial charge on any atom is 0.218 e. The highest BCUT2D eigenvalue weighted by Crippen LogP contribution is 2.17. The second-order valence-electron chi connectivity index (χ2n) is 7.33. The Bertz CT molecular complexity index is 984. The lowest BCUT2D eigenvalue weighted by atomic mass is 10.1. The van der Waals surface area contributed by atoms with Crippen LogP contribution in [0.3, 0.4) is 0 Å². The van der Waals surface area contributed by atoms with Gasteiger partial charge in [0.1, 0.15) is 5.76 Å². The number of aromatic nitrogens is 1. The van der Waals surface area contributed by atoms with Crippen molar-refractivity contribution in [1.29, 1.82) is 0 Å². The second kappa shape index (κ2) is 12.5. The molecule has 32 heavy (non-hydrogen) atoms. The fourth-order valence-electron chi connectivity index (χ4n) is 3.25. The van der Waals surface area contributed by atoms with Crippen LogP contribution in [-0.2, 0) is 33.6 Å².